The molecule has 1 heterocycles. The van der Waals surface area contributed by atoms with Crippen LogP contribution in [0.25, 0.3) is 0 Å². The Morgan fingerprint density at radius 2 is 1.70 bits per heavy atom. The van der Waals surface area contributed by atoms with Crippen molar-refractivity contribution in [1.29, 1.82) is 0 Å². The number of aromatic carboxylic acids is 1. The molecule has 0 radical (unpaired) electrons. The van der Waals surface area contributed by atoms with Crippen molar-refractivity contribution in [1.82, 2.24) is 0 Å². The van der Waals surface area contributed by atoms with Crippen molar-refractivity contribution in [2.75, 3.05) is 18.7 Å². The number of nitrogens with one attached hydrogen (secondary N) is 1. The predicted molar refractivity (Wildman–Crippen MR) is 83.4 cm³/mol. The molecule has 0 unspecified atom stereocenters. The molecular weight excluding hydrogens is 298 g/mol. The summed E-state index contributed by atoms with van der Waals surface area (Å²) in [7, 11) is 0. The van der Waals surface area contributed by atoms with E-state index in [1.54, 1.807) is 30.3 Å². The molecule has 0 atom stereocenters. The average Bonchev–Trinajstić information content (AvgIpc) is 3.02. The van der Waals surface area contributed by atoms with Crippen LogP contribution in [0.4, 0.5) is 5.69 Å². The van der Waals surface area contributed by atoms with Crippen LogP contribution in [0.1, 0.15) is 27.1 Å². The first-order chi connectivity index (χ1) is 11.1. The molecule has 0 saturated heterocycles. The predicted octanol–water partition coefficient (Wildman–Crippen LogP) is 2.80. The third-order valence-corrected chi connectivity index (χ3v) is 3.51. The molecule has 1 aliphatic rings. The average molecular weight is 313 g/mol. The first kappa shape index (κ1) is 14.9. The van der Waals surface area contributed by atoms with Crippen LogP contribution >= 0.6 is 0 Å². The van der Waals surface area contributed by atoms with Gasteiger partial charge in [0.05, 0.1) is 5.56 Å². The van der Waals surface area contributed by atoms with E-state index in [9.17, 15) is 9.59 Å². The Kier molecular flexibility index (Phi) is 4.14. The number of ether oxygens (including phenoxy) is 2. The van der Waals surface area contributed by atoms with Crippen molar-refractivity contribution in [3.63, 3.8) is 0 Å². The monoisotopic (exact) mass is 313 g/mol. The summed E-state index contributed by atoms with van der Waals surface area (Å²) in [6.45, 7) is 0.639. The zero-order valence-corrected chi connectivity index (χ0v) is 12.2. The van der Waals surface area contributed by atoms with Crippen molar-refractivity contribution in [3.05, 3.63) is 53.6 Å². The molecule has 0 bridgehead atoms. The molecule has 0 spiro atoms. The number of carbonyl (C=O) groups excluding carboxylic acids is 1. The van der Waals surface area contributed by atoms with E-state index in [-0.39, 0.29) is 18.1 Å². The fourth-order valence-electron chi connectivity index (χ4n) is 2.27. The van der Waals surface area contributed by atoms with Gasteiger partial charge in [0, 0.05) is 24.2 Å². The van der Waals surface area contributed by atoms with Gasteiger partial charge in [-0.3, -0.25) is 4.79 Å². The van der Waals surface area contributed by atoms with Crippen LogP contribution < -0.4 is 14.8 Å². The maximum Gasteiger partial charge on any atom is 0.335 e. The number of benzene rings is 2. The highest BCUT2D eigenvalue weighted by molar-refractivity contribution is 5.97. The van der Waals surface area contributed by atoms with Gasteiger partial charge in [-0.15, -0.1) is 0 Å². The molecule has 6 nitrogen and oxygen atoms in total. The van der Waals surface area contributed by atoms with E-state index in [4.69, 9.17) is 14.6 Å². The van der Waals surface area contributed by atoms with Crippen molar-refractivity contribution < 1.29 is 24.2 Å². The lowest BCUT2D eigenvalue weighted by Gasteiger charge is -2.07. The fourth-order valence-corrected chi connectivity index (χ4v) is 2.27. The van der Waals surface area contributed by atoms with Gasteiger partial charge in [0.15, 0.2) is 17.3 Å². The Morgan fingerprint density at radius 3 is 2.43 bits per heavy atom. The minimum Gasteiger partial charge on any atom is -0.478 e. The number of ketones is 1. The molecule has 0 aliphatic carbocycles. The van der Waals surface area contributed by atoms with E-state index < -0.39 is 5.97 Å². The van der Waals surface area contributed by atoms with E-state index in [0.717, 1.165) is 5.69 Å². The second-order valence-corrected chi connectivity index (χ2v) is 5.05. The quantitative estimate of drug-likeness (QED) is 0.798. The molecule has 0 amide bonds. The Morgan fingerprint density at radius 1 is 1.00 bits per heavy atom. The lowest BCUT2D eigenvalue weighted by molar-refractivity contribution is 0.0696. The molecule has 2 N–H and O–H groups in total. The van der Waals surface area contributed by atoms with Crippen molar-refractivity contribution >= 4 is 17.4 Å². The van der Waals surface area contributed by atoms with Crippen LogP contribution in [-0.4, -0.2) is 30.2 Å². The van der Waals surface area contributed by atoms with E-state index in [1.165, 1.54) is 12.1 Å². The standard InChI is InChI=1S/C17H15NO5/c19-14(12-3-6-15-16(9-12)23-10-22-15)7-8-18-13-4-1-11(2-5-13)17(20)21/h1-6,9,18H,7-8,10H2,(H,20,21). The third-order valence-electron chi connectivity index (χ3n) is 3.51. The number of carbonyl (C=O) groups is 2. The molecule has 1 aliphatic heterocycles. The lowest BCUT2D eigenvalue weighted by Crippen LogP contribution is -2.09. The number of hydrogen-bond acceptors (Lipinski definition) is 5. The number of Topliss-reactive ketones (excluding diaryl/α,β-unsaturated/α-hetero) is 1. The molecule has 0 fully saturated rings. The summed E-state index contributed by atoms with van der Waals surface area (Å²) in [6, 6.07) is 11.5. The summed E-state index contributed by atoms with van der Waals surface area (Å²) < 4.78 is 10.5. The number of anilines is 1. The van der Waals surface area contributed by atoms with Crippen LogP contribution in [-0.2, 0) is 0 Å². The zero-order valence-electron chi connectivity index (χ0n) is 12.2. The van der Waals surface area contributed by atoms with Gasteiger partial charge in [0.1, 0.15) is 0 Å². The topological polar surface area (TPSA) is 84.9 Å². The second-order valence-electron chi connectivity index (χ2n) is 5.05. The Balaban J connectivity index is 1.54. The molecule has 23 heavy (non-hydrogen) atoms. The smallest absolute Gasteiger partial charge is 0.335 e. The van der Waals surface area contributed by atoms with E-state index in [1.807, 2.05) is 0 Å². The Bertz CT molecular complexity index is 739. The highest BCUT2D eigenvalue weighted by atomic mass is 16.7. The van der Waals surface area contributed by atoms with Gasteiger partial charge in [0.2, 0.25) is 6.79 Å². The minimum absolute atomic E-state index is 0.00189. The highest BCUT2D eigenvalue weighted by Crippen LogP contribution is 2.32. The number of fused-ring (bicyclic) bond motifs is 1. The summed E-state index contributed by atoms with van der Waals surface area (Å²) in [6.07, 6.45) is 0.320. The molecular formula is C17H15NO5. The summed E-state index contributed by atoms with van der Waals surface area (Å²) in [5.74, 6) is 0.277. The van der Waals surface area contributed by atoms with Crippen molar-refractivity contribution in [3.8, 4) is 11.5 Å². The van der Waals surface area contributed by atoms with E-state index in [2.05, 4.69) is 5.32 Å². The highest BCUT2D eigenvalue weighted by Gasteiger charge is 2.15. The SMILES string of the molecule is O=C(O)c1ccc(NCCC(=O)c2ccc3c(c2)OCO3)cc1. The van der Waals surface area contributed by atoms with E-state index >= 15 is 0 Å². The van der Waals surface area contributed by atoms with E-state index in [0.29, 0.717) is 30.0 Å². The van der Waals surface area contributed by atoms with Crippen LogP contribution in [0.5, 0.6) is 11.5 Å². The van der Waals surface area contributed by atoms with Gasteiger partial charge < -0.3 is 19.9 Å². The second kappa shape index (κ2) is 6.39. The van der Waals surface area contributed by atoms with Crippen LogP contribution in [0.15, 0.2) is 42.5 Å². The molecule has 2 aromatic rings. The number of hydrogen-bond donors (Lipinski definition) is 2. The minimum atomic E-state index is -0.963. The molecule has 6 heteroatoms. The maximum absolute atomic E-state index is 12.2. The summed E-state index contributed by atoms with van der Waals surface area (Å²) in [5, 5.41) is 11.9. The van der Waals surface area contributed by atoms with Crippen LogP contribution in [0.3, 0.4) is 0 Å². The largest absolute Gasteiger partial charge is 0.478 e. The molecule has 0 saturated carbocycles. The number of carboxylic acids is 1. The molecule has 3 rings (SSSR count). The summed E-state index contributed by atoms with van der Waals surface area (Å²) in [5.41, 5.74) is 1.58. The summed E-state index contributed by atoms with van der Waals surface area (Å²) in [4.78, 5) is 22.9. The zero-order chi connectivity index (χ0) is 16.2. The Hall–Kier alpha value is -3.02. The van der Waals surface area contributed by atoms with Crippen LogP contribution in [0, 0.1) is 0 Å². The lowest BCUT2D eigenvalue weighted by atomic mass is 10.1. The molecule has 2 aromatic carbocycles. The number of rotatable bonds is 6. The molecule has 118 valence electrons. The molecule has 0 aromatic heterocycles. The number of carboxylic acid groups (broad SMARTS) is 1. The van der Waals surface area contributed by atoms with Crippen molar-refractivity contribution in [2.24, 2.45) is 0 Å². The van der Waals surface area contributed by atoms with Gasteiger partial charge >= 0.3 is 5.97 Å². The summed E-state index contributed by atoms with van der Waals surface area (Å²) >= 11 is 0. The fraction of sp³-hybridized carbons (Fsp3) is 0.176. The van der Waals surface area contributed by atoms with Gasteiger partial charge in [-0.05, 0) is 42.5 Å². The first-order valence-corrected chi connectivity index (χ1v) is 7.13. The van der Waals surface area contributed by atoms with Gasteiger partial charge in [-0.25, -0.2) is 4.79 Å². The van der Waals surface area contributed by atoms with Crippen molar-refractivity contribution in [2.45, 2.75) is 6.42 Å². The van der Waals surface area contributed by atoms with Crippen LogP contribution in [0.2, 0.25) is 0 Å². The van der Waals surface area contributed by atoms with Gasteiger partial charge in [-0.1, -0.05) is 0 Å². The normalized spacial score (nSPS) is 12.0. The van der Waals surface area contributed by atoms with Gasteiger partial charge in [-0.2, -0.15) is 0 Å². The van der Waals surface area contributed by atoms with Gasteiger partial charge in [0.25, 0.3) is 0 Å². The Labute approximate surface area is 132 Å². The third kappa shape index (κ3) is 3.42. The maximum atomic E-state index is 12.2. The first-order valence-electron chi connectivity index (χ1n) is 7.13.